The number of aromatic nitrogens is 1. The summed E-state index contributed by atoms with van der Waals surface area (Å²) >= 11 is 0. The van der Waals surface area contributed by atoms with Crippen LogP contribution in [0.1, 0.15) is 44.6 Å². The molecular formula is C20H29N3O3. The quantitative estimate of drug-likeness (QED) is 0.744. The molecule has 3 atom stereocenters. The summed E-state index contributed by atoms with van der Waals surface area (Å²) in [4.78, 5) is 29.6. The Labute approximate surface area is 154 Å². The number of aromatic amines is 1. The number of aliphatic hydroxyl groups is 1. The topological polar surface area (TPSA) is 85.4 Å². The molecule has 26 heavy (non-hydrogen) atoms. The van der Waals surface area contributed by atoms with E-state index in [4.69, 9.17) is 0 Å². The van der Waals surface area contributed by atoms with Crippen molar-refractivity contribution in [3.8, 4) is 0 Å². The second kappa shape index (κ2) is 6.72. The zero-order chi connectivity index (χ0) is 18.3. The highest BCUT2D eigenvalue weighted by Gasteiger charge is 2.50. The van der Waals surface area contributed by atoms with Gasteiger partial charge < -0.3 is 20.3 Å². The first-order chi connectivity index (χ1) is 12.5. The average molecular weight is 359 g/mol. The van der Waals surface area contributed by atoms with E-state index in [-0.39, 0.29) is 35.8 Å². The number of nitrogens with zero attached hydrogens (tertiary/aromatic N) is 1. The maximum atomic E-state index is 12.4. The van der Waals surface area contributed by atoms with Gasteiger partial charge in [0.2, 0.25) is 11.8 Å². The van der Waals surface area contributed by atoms with Gasteiger partial charge in [-0.1, -0.05) is 0 Å². The van der Waals surface area contributed by atoms with E-state index in [1.165, 1.54) is 0 Å². The van der Waals surface area contributed by atoms with Crippen molar-refractivity contribution in [2.24, 2.45) is 17.3 Å². The average Bonchev–Trinajstić information content (AvgIpc) is 3.25. The monoisotopic (exact) mass is 359 g/mol. The van der Waals surface area contributed by atoms with Gasteiger partial charge in [0.1, 0.15) is 0 Å². The minimum Gasteiger partial charge on any atom is -0.393 e. The fraction of sp³-hybridized carbons (Fsp3) is 0.700. The van der Waals surface area contributed by atoms with Gasteiger partial charge in [0.15, 0.2) is 0 Å². The van der Waals surface area contributed by atoms with Crippen LogP contribution in [-0.2, 0) is 16.0 Å². The number of aliphatic hydroxyl groups excluding tert-OH is 1. The number of rotatable bonds is 5. The minimum atomic E-state index is -0.383. The smallest absolute Gasteiger partial charge is 0.227 e. The molecule has 3 aliphatic rings. The van der Waals surface area contributed by atoms with Crippen LogP contribution in [0, 0.1) is 17.3 Å². The van der Waals surface area contributed by atoms with E-state index in [2.05, 4.69) is 10.3 Å². The van der Waals surface area contributed by atoms with E-state index in [1.54, 1.807) is 6.92 Å². The molecule has 1 aromatic rings. The zero-order valence-electron chi connectivity index (χ0n) is 15.4. The molecular weight excluding hydrogens is 330 g/mol. The predicted molar refractivity (Wildman–Crippen MR) is 97.2 cm³/mol. The van der Waals surface area contributed by atoms with Crippen LogP contribution in [-0.4, -0.2) is 52.0 Å². The summed E-state index contributed by atoms with van der Waals surface area (Å²) in [6.45, 7) is 3.43. The van der Waals surface area contributed by atoms with Gasteiger partial charge in [0.05, 0.1) is 12.5 Å². The molecule has 6 nitrogen and oxygen atoms in total. The van der Waals surface area contributed by atoms with E-state index >= 15 is 0 Å². The van der Waals surface area contributed by atoms with Gasteiger partial charge in [-0.3, -0.25) is 9.59 Å². The summed E-state index contributed by atoms with van der Waals surface area (Å²) in [6, 6.07) is 2.23. The van der Waals surface area contributed by atoms with E-state index in [0.717, 1.165) is 50.8 Å². The molecule has 1 saturated heterocycles. The Morgan fingerprint density at radius 1 is 1.38 bits per heavy atom. The lowest BCUT2D eigenvalue weighted by molar-refractivity contribution is -0.134. The SMILES string of the molecule is CC(O)C1CC1C(=O)NC1CC2(CCN(C(=O)Cc3cc[nH]c3)CC2)C1. The first kappa shape index (κ1) is 17.6. The second-order valence-corrected chi connectivity index (χ2v) is 8.64. The maximum absolute atomic E-state index is 12.4. The van der Waals surface area contributed by atoms with Crippen molar-refractivity contribution < 1.29 is 14.7 Å². The molecule has 0 radical (unpaired) electrons. The number of hydrogen-bond acceptors (Lipinski definition) is 3. The first-order valence-corrected chi connectivity index (χ1v) is 9.84. The second-order valence-electron chi connectivity index (χ2n) is 8.64. The van der Waals surface area contributed by atoms with Crippen LogP contribution in [0.4, 0.5) is 0 Å². The van der Waals surface area contributed by atoms with Gasteiger partial charge in [-0.05, 0) is 62.0 Å². The molecule has 1 aromatic heterocycles. The van der Waals surface area contributed by atoms with E-state index in [9.17, 15) is 14.7 Å². The van der Waals surface area contributed by atoms with Crippen LogP contribution in [0.25, 0.3) is 0 Å². The Morgan fingerprint density at radius 2 is 2.12 bits per heavy atom. The molecule has 6 heteroatoms. The number of carbonyl (C=O) groups excluding carboxylic acids is 2. The number of nitrogens with one attached hydrogen (secondary N) is 2. The fourth-order valence-electron chi connectivity index (χ4n) is 4.84. The Morgan fingerprint density at radius 3 is 2.69 bits per heavy atom. The Bertz CT molecular complexity index is 654. The van der Waals surface area contributed by atoms with Crippen LogP contribution in [0.2, 0.25) is 0 Å². The Kier molecular flexibility index (Phi) is 4.55. The largest absolute Gasteiger partial charge is 0.393 e. The summed E-state index contributed by atoms with van der Waals surface area (Å²) in [6.07, 6.45) is 8.78. The molecule has 3 unspecified atom stereocenters. The van der Waals surface area contributed by atoms with Crippen molar-refractivity contribution in [1.29, 1.82) is 0 Å². The van der Waals surface area contributed by atoms with Gasteiger partial charge in [0.25, 0.3) is 0 Å². The summed E-state index contributed by atoms with van der Waals surface area (Å²) in [5.74, 6) is 0.495. The molecule has 1 aliphatic heterocycles. The van der Waals surface area contributed by atoms with Crippen molar-refractivity contribution >= 4 is 11.8 Å². The van der Waals surface area contributed by atoms with Crippen LogP contribution >= 0.6 is 0 Å². The first-order valence-electron chi connectivity index (χ1n) is 9.84. The van der Waals surface area contributed by atoms with Gasteiger partial charge in [-0.15, -0.1) is 0 Å². The molecule has 3 fully saturated rings. The van der Waals surface area contributed by atoms with Crippen molar-refractivity contribution in [3.05, 3.63) is 24.0 Å². The van der Waals surface area contributed by atoms with Crippen LogP contribution in [0.15, 0.2) is 18.5 Å². The third-order valence-electron chi connectivity index (χ3n) is 6.70. The summed E-state index contributed by atoms with van der Waals surface area (Å²) < 4.78 is 0. The number of carbonyl (C=O) groups is 2. The molecule has 2 heterocycles. The number of amides is 2. The number of likely N-dealkylation sites (tertiary alicyclic amines) is 1. The van der Waals surface area contributed by atoms with Gasteiger partial charge in [0, 0.05) is 37.4 Å². The highest BCUT2D eigenvalue weighted by Crippen LogP contribution is 2.50. The highest BCUT2D eigenvalue weighted by atomic mass is 16.3. The number of H-pyrrole nitrogens is 1. The Balaban J connectivity index is 1.19. The summed E-state index contributed by atoms with van der Waals surface area (Å²) in [7, 11) is 0. The minimum absolute atomic E-state index is 0.0134. The van der Waals surface area contributed by atoms with E-state index in [1.807, 2.05) is 23.4 Å². The molecule has 4 rings (SSSR count). The van der Waals surface area contributed by atoms with E-state index in [0.29, 0.717) is 11.8 Å². The van der Waals surface area contributed by atoms with Gasteiger partial charge in [-0.2, -0.15) is 0 Å². The molecule has 2 saturated carbocycles. The molecule has 1 spiro atoms. The van der Waals surface area contributed by atoms with Crippen molar-refractivity contribution in [2.75, 3.05) is 13.1 Å². The lowest BCUT2D eigenvalue weighted by Gasteiger charge is -2.52. The third kappa shape index (κ3) is 3.52. The zero-order valence-corrected chi connectivity index (χ0v) is 15.4. The van der Waals surface area contributed by atoms with Crippen molar-refractivity contribution in [1.82, 2.24) is 15.2 Å². The third-order valence-corrected chi connectivity index (χ3v) is 6.70. The molecule has 0 bridgehead atoms. The molecule has 142 valence electrons. The molecule has 2 aliphatic carbocycles. The lowest BCUT2D eigenvalue weighted by atomic mass is 9.60. The standard InChI is InChI=1S/C20H29N3O3/c1-13(24)16-9-17(16)19(26)22-15-10-20(11-15)3-6-23(7-4-20)18(25)8-14-2-5-21-12-14/h2,5,12-13,15-17,21,24H,3-4,6-11H2,1H3,(H,22,26). The van der Waals surface area contributed by atoms with Crippen LogP contribution in [0.3, 0.4) is 0 Å². The van der Waals surface area contributed by atoms with E-state index < -0.39 is 0 Å². The fourth-order valence-corrected chi connectivity index (χ4v) is 4.84. The van der Waals surface area contributed by atoms with Gasteiger partial charge in [-0.25, -0.2) is 0 Å². The molecule has 0 aromatic carbocycles. The summed E-state index contributed by atoms with van der Waals surface area (Å²) in [5.41, 5.74) is 1.35. The lowest BCUT2D eigenvalue weighted by Crippen LogP contribution is -2.56. The van der Waals surface area contributed by atoms with Crippen LogP contribution in [0.5, 0.6) is 0 Å². The summed E-state index contributed by atoms with van der Waals surface area (Å²) in [5, 5.41) is 12.7. The normalized spacial score (nSPS) is 28.5. The number of hydrogen-bond donors (Lipinski definition) is 3. The number of piperidine rings is 1. The Hall–Kier alpha value is -1.82. The maximum Gasteiger partial charge on any atom is 0.227 e. The predicted octanol–water partition coefficient (Wildman–Crippen LogP) is 1.46. The van der Waals surface area contributed by atoms with Crippen molar-refractivity contribution in [2.45, 2.75) is 57.6 Å². The van der Waals surface area contributed by atoms with Crippen LogP contribution < -0.4 is 5.32 Å². The highest BCUT2D eigenvalue weighted by molar-refractivity contribution is 5.82. The van der Waals surface area contributed by atoms with Gasteiger partial charge >= 0.3 is 0 Å². The molecule has 3 N–H and O–H groups in total. The molecule has 2 amide bonds. The van der Waals surface area contributed by atoms with Crippen molar-refractivity contribution in [3.63, 3.8) is 0 Å².